The Kier molecular flexibility index (Phi) is 4.23. The SMILES string of the molecule is Cc1ccc(Nc2nc3c(s2)C(OC(=O)n2ccnc2)CCC3)cc1. The lowest BCUT2D eigenvalue weighted by Crippen LogP contribution is -2.18. The molecule has 0 saturated heterocycles. The number of anilines is 2. The molecule has 128 valence electrons. The van der Waals surface area contributed by atoms with Gasteiger partial charge in [0.05, 0.1) is 10.6 Å². The molecule has 2 aromatic heterocycles. The van der Waals surface area contributed by atoms with Crippen molar-refractivity contribution in [3.05, 3.63) is 59.1 Å². The number of aromatic nitrogens is 3. The van der Waals surface area contributed by atoms with E-state index in [0.29, 0.717) is 0 Å². The molecule has 0 radical (unpaired) electrons. The van der Waals surface area contributed by atoms with Crippen LogP contribution in [0.1, 0.15) is 35.1 Å². The first-order valence-electron chi connectivity index (χ1n) is 8.21. The zero-order valence-electron chi connectivity index (χ0n) is 13.8. The maximum absolute atomic E-state index is 12.2. The number of carbonyl (C=O) groups excluding carboxylic acids is 1. The van der Waals surface area contributed by atoms with Crippen LogP contribution in [-0.2, 0) is 11.2 Å². The first-order chi connectivity index (χ1) is 12.2. The van der Waals surface area contributed by atoms with E-state index in [1.807, 2.05) is 12.1 Å². The molecular weight excluding hydrogens is 336 g/mol. The van der Waals surface area contributed by atoms with Gasteiger partial charge in [-0.25, -0.2) is 19.3 Å². The Labute approximate surface area is 149 Å². The van der Waals surface area contributed by atoms with Crippen LogP contribution >= 0.6 is 11.3 Å². The van der Waals surface area contributed by atoms with Gasteiger partial charge in [0.15, 0.2) is 5.13 Å². The number of imidazole rings is 1. The Balaban J connectivity index is 1.52. The molecule has 1 unspecified atom stereocenters. The molecule has 0 spiro atoms. The molecule has 1 atom stereocenters. The van der Waals surface area contributed by atoms with E-state index in [-0.39, 0.29) is 6.10 Å². The van der Waals surface area contributed by atoms with Gasteiger partial charge in [-0.2, -0.15) is 0 Å². The number of nitrogens with zero attached hydrogens (tertiary/aromatic N) is 3. The Morgan fingerprint density at radius 1 is 1.36 bits per heavy atom. The molecule has 4 rings (SSSR count). The van der Waals surface area contributed by atoms with E-state index < -0.39 is 6.09 Å². The van der Waals surface area contributed by atoms with Crippen LogP contribution in [0.3, 0.4) is 0 Å². The first kappa shape index (κ1) is 15.8. The number of aryl methyl sites for hydroxylation is 2. The van der Waals surface area contributed by atoms with Crippen LogP contribution in [0.2, 0.25) is 0 Å². The summed E-state index contributed by atoms with van der Waals surface area (Å²) in [5, 5.41) is 4.17. The molecule has 0 fully saturated rings. The van der Waals surface area contributed by atoms with E-state index in [1.165, 1.54) is 16.5 Å². The van der Waals surface area contributed by atoms with Gasteiger partial charge in [-0.1, -0.05) is 29.0 Å². The van der Waals surface area contributed by atoms with Crippen LogP contribution < -0.4 is 5.32 Å². The van der Waals surface area contributed by atoms with E-state index in [2.05, 4.69) is 34.3 Å². The van der Waals surface area contributed by atoms with Gasteiger partial charge in [-0.05, 0) is 38.3 Å². The highest BCUT2D eigenvalue weighted by molar-refractivity contribution is 7.15. The summed E-state index contributed by atoms with van der Waals surface area (Å²) in [7, 11) is 0. The largest absolute Gasteiger partial charge is 0.440 e. The zero-order chi connectivity index (χ0) is 17.2. The molecule has 7 heteroatoms. The fraction of sp³-hybridized carbons (Fsp3) is 0.278. The highest BCUT2D eigenvalue weighted by Crippen LogP contribution is 2.39. The number of carbonyl (C=O) groups is 1. The summed E-state index contributed by atoms with van der Waals surface area (Å²) in [6, 6.07) is 8.19. The monoisotopic (exact) mass is 354 g/mol. The summed E-state index contributed by atoms with van der Waals surface area (Å²) in [6.45, 7) is 2.06. The van der Waals surface area contributed by atoms with Crippen LogP contribution in [0.25, 0.3) is 0 Å². The molecule has 0 saturated carbocycles. The van der Waals surface area contributed by atoms with Crippen LogP contribution in [0.15, 0.2) is 43.0 Å². The van der Waals surface area contributed by atoms with Crippen LogP contribution in [-0.4, -0.2) is 20.6 Å². The normalized spacial score (nSPS) is 16.3. The van der Waals surface area contributed by atoms with Crippen molar-refractivity contribution >= 4 is 28.2 Å². The molecule has 0 amide bonds. The van der Waals surface area contributed by atoms with E-state index >= 15 is 0 Å². The van der Waals surface area contributed by atoms with Crippen molar-refractivity contribution in [2.75, 3.05) is 5.32 Å². The number of fused-ring (bicyclic) bond motifs is 1. The molecule has 1 aliphatic rings. The number of thiazole rings is 1. The van der Waals surface area contributed by atoms with Crippen molar-refractivity contribution in [1.82, 2.24) is 14.5 Å². The van der Waals surface area contributed by atoms with E-state index in [9.17, 15) is 4.79 Å². The Bertz CT molecular complexity index is 871. The summed E-state index contributed by atoms with van der Waals surface area (Å²) in [4.78, 5) is 21.8. The fourth-order valence-electron chi connectivity index (χ4n) is 2.86. The van der Waals surface area contributed by atoms with Crippen molar-refractivity contribution in [3.8, 4) is 0 Å². The molecule has 0 aliphatic heterocycles. The lowest BCUT2D eigenvalue weighted by molar-refractivity contribution is 0.0904. The molecule has 6 nitrogen and oxygen atoms in total. The molecule has 3 aromatic rings. The van der Waals surface area contributed by atoms with Gasteiger partial charge in [-0.15, -0.1) is 0 Å². The quantitative estimate of drug-likeness (QED) is 0.752. The third-order valence-corrected chi connectivity index (χ3v) is 5.27. The average molecular weight is 354 g/mol. The van der Waals surface area contributed by atoms with E-state index in [0.717, 1.165) is 40.7 Å². The number of hydrogen-bond donors (Lipinski definition) is 1. The molecule has 1 N–H and O–H groups in total. The molecule has 1 aliphatic carbocycles. The summed E-state index contributed by atoms with van der Waals surface area (Å²) >= 11 is 1.56. The molecule has 25 heavy (non-hydrogen) atoms. The predicted molar refractivity (Wildman–Crippen MR) is 96.4 cm³/mol. The van der Waals surface area contributed by atoms with Gasteiger partial charge in [0.1, 0.15) is 12.4 Å². The molecular formula is C18H18N4O2S. The minimum atomic E-state index is -0.406. The van der Waals surface area contributed by atoms with E-state index in [1.54, 1.807) is 23.7 Å². The summed E-state index contributed by atoms with van der Waals surface area (Å²) in [5.74, 6) is 0. The fourth-order valence-corrected chi connectivity index (χ4v) is 3.95. The molecule has 2 heterocycles. The van der Waals surface area contributed by atoms with Gasteiger partial charge in [0.25, 0.3) is 0 Å². The van der Waals surface area contributed by atoms with Crippen molar-refractivity contribution in [2.45, 2.75) is 32.3 Å². The maximum atomic E-state index is 12.2. The average Bonchev–Trinajstić information content (AvgIpc) is 3.27. The van der Waals surface area contributed by atoms with Gasteiger partial charge >= 0.3 is 6.09 Å². The van der Waals surface area contributed by atoms with Crippen LogP contribution in [0.4, 0.5) is 15.6 Å². The number of ether oxygens (including phenoxy) is 1. The summed E-state index contributed by atoms with van der Waals surface area (Å²) in [5.41, 5.74) is 3.24. The highest BCUT2D eigenvalue weighted by Gasteiger charge is 2.28. The lowest BCUT2D eigenvalue weighted by Gasteiger charge is -2.21. The number of rotatable bonds is 3. The highest BCUT2D eigenvalue weighted by atomic mass is 32.1. The third-order valence-electron chi connectivity index (χ3n) is 4.16. The van der Waals surface area contributed by atoms with E-state index in [4.69, 9.17) is 4.74 Å². The van der Waals surface area contributed by atoms with Crippen molar-refractivity contribution in [2.24, 2.45) is 0 Å². The Hall–Kier alpha value is -2.67. The second-order valence-corrected chi connectivity index (χ2v) is 7.09. The zero-order valence-corrected chi connectivity index (χ0v) is 14.6. The van der Waals surface area contributed by atoms with Crippen molar-refractivity contribution in [1.29, 1.82) is 0 Å². The maximum Gasteiger partial charge on any atom is 0.419 e. The molecule has 0 bridgehead atoms. The number of benzene rings is 1. The predicted octanol–water partition coefficient (Wildman–Crippen LogP) is 4.45. The molecule has 1 aromatic carbocycles. The smallest absolute Gasteiger partial charge is 0.419 e. The lowest BCUT2D eigenvalue weighted by atomic mass is 10.0. The Morgan fingerprint density at radius 3 is 2.96 bits per heavy atom. The summed E-state index contributed by atoms with van der Waals surface area (Å²) < 4.78 is 7.02. The van der Waals surface area contributed by atoms with Gasteiger partial charge < -0.3 is 10.1 Å². The topological polar surface area (TPSA) is 69.0 Å². The first-order valence-corrected chi connectivity index (χ1v) is 9.03. The number of nitrogens with one attached hydrogen (secondary N) is 1. The van der Waals surface area contributed by atoms with Crippen LogP contribution in [0.5, 0.6) is 0 Å². The number of hydrogen-bond acceptors (Lipinski definition) is 6. The van der Waals surface area contributed by atoms with Gasteiger partial charge in [0.2, 0.25) is 0 Å². The second-order valence-electron chi connectivity index (χ2n) is 6.06. The van der Waals surface area contributed by atoms with Gasteiger partial charge in [0, 0.05) is 18.1 Å². The van der Waals surface area contributed by atoms with Crippen molar-refractivity contribution < 1.29 is 9.53 Å². The Morgan fingerprint density at radius 2 is 2.20 bits per heavy atom. The minimum Gasteiger partial charge on any atom is -0.440 e. The van der Waals surface area contributed by atoms with Crippen molar-refractivity contribution in [3.63, 3.8) is 0 Å². The van der Waals surface area contributed by atoms with Gasteiger partial charge in [-0.3, -0.25) is 0 Å². The van der Waals surface area contributed by atoms with Crippen LogP contribution in [0, 0.1) is 6.92 Å². The second kappa shape index (κ2) is 6.68. The summed E-state index contributed by atoms with van der Waals surface area (Å²) in [6.07, 6.45) is 6.64. The third kappa shape index (κ3) is 3.41. The standard InChI is InChI=1S/C18H18N4O2S/c1-12-5-7-13(8-6-12)20-17-21-14-3-2-4-15(16(14)25-17)24-18(23)22-10-9-19-11-22/h5-11,15H,2-4H2,1H3,(H,20,21). The minimum absolute atomic E-state index is 0.246.